The first-order valence-corrected chi connectivity index (χ1v) is 3.95. The number of rotatable bonds is 1. The molecule has 0 saturated heterocycles. The van der Waals surface area contributed by atoms with Crippen molar-refractivity contribution >= 4 is 5.78 Å². The first kappa shape index (κ1) is 8.65. The third kappa shape index (κ3) is 1.43. The van der Waals surface area contributed by atoms with Gasteiger partial charge in [-0.1, -0.05) is 6.42 Å². The molecule has 11 heavy (non-hydrogen) atoms. The van der Waals surface area contributed by atoms with Gasteiger partial charge in [-0.2, -0.15) is 0 Å². The minimum atomic E-state index is -1.95. The molecule has 1 N–H and O–H groups in total. The van der Waals surface area contributed by atoms with Crippen molar-refractivity contribution in [1.82, 2.24) is 0 Å². The SMILES string of the molecule is CC(=O)[C@]1(F)CCCC[C@@H]1O. The number of ketones is 1. The van der Waals surface area contributed by atoms with Gasteiger partial charge in [-0.15, -0.1) is 0 Å². The van der Waals surface area contributed by atoms with E-state index < -0.39 is 17.6 Å². The second kappa shape index (κ2) is 2.89. The summed E-state index contributed by atoms with van der Waals surface area (Å²) < 4.78 is 13.5. The van der Waals surface area contributed by atoms with E-state index in [9.17, 15) is 14.3 Å². The number of aliphatic hydroxyl groups is 1. The van der Waals surface area contributed by atoms with Gasteiger partial charge in [-0.05, 0) is 26.2 Å². The molecule has 0 spiro atoms. The molecular formula is C8H13FO2. The predicted molar refractivity (Wildman–Crippen MR) is 39.0 cm³/mol. The van der Waals surface area contributed by atoms with Crippen LogP contribution in [0.2, 0.25) is 0 Å². The molecule has 0 heterocycles. The molecule has 1 aliphatic rings. The fourth-order valence-electron chi connectivity index (χ4n) is 1.53. The summed E-state index contributed by atoms with van der Waals surface area (Å²) in [5, 5.41) is 9.20. The van der Waals surface area contributed by atoms with Gasteiger partial charge in [0, 0.05) is 0 Å². The van der Waals surface area contributed by atoms with E-state index in [0.29, 0.717) is 12.8 Å². The van der Waals surface area contributed by atoms with Crippen LogP contribution in [0, 0.1) is 0 Å². The van der Waals surface area contributed by atoms with Crippen LogP contribution in [0.4, 0.5) is 4.39 Å². The lowest BCUT2D eigenvalue weighted by Gasteiger charge is -2.31. The Bertz CT molecular complexity index is 169. The van der Waals surface area contributed by atoms with Crippen LogP contribution in [-0.4, -0.2) is 22.7 Å². The molecule has 2 nitrogen and oxygen atoms in total. The molecule has 0 aromatic carbocycles. The highest BCUT2D eigenvalue weighted by atomic mass is 19.1. The fraction of sp³-hybridized carbons (Fsp3) is 0.875. The highest BCUT2D eigenvalue weighted by molar-refractivity contribution is 5.85. The maximum Gasteiger partial charge on any atom is 0.193 e. The Kier molecular flexibility index (Phi) is 2.28. The Balaban J connectivity index is 2.72. The Hall–Kier alpha value is -0.440. The van der Waals surface area contributed by atoms with Gasteiger partial charge in [-0.25, -0.2) is 4.39 Å². The number of hydrogen-bond donors (Lipinski definition) is 1. The average molecular weight is 160 g/mol. The molecule has 2 atom stereocenters. The maximum absolute atomic E-state index is 13.5. The lowest BCUT2D eigenvalue weighted by Crippen LogP contribution is -2.46. The fourth-order valence-corrected chi connectivity index (χ4v) is 1.53. The van der Waals surface area contributed by atoms with Crippen molar-refractivity contribution in [3.8, 4) is 0 Å². The summed E-state index contributed by atoms with van der Waals surface area (Å²) in [6.07, 6.45) is 1.04. The molecule has 64 valence electrons. The first-order chi connectivity index (χ1) is 5.07. The Morgan fingerprint density at radius 3 is 2.64 bits per heavy atom. The normalized spacial score (nSPS) is 38.6. The van der Waals surface area contributed by atoms with Gasteiger partial charge in [-0.3, -0.25) is 4.79 Å². The summed E-state index contributed by atoms with van der Waals surface area (Å²) in [5.74, 6) is -0.537. The third-order valence-electron chi connectivity index (χ3n) is 2.38. The van der Waals surface area contributed by atoms with Crippen LogP contribution in [0.15, 0.2) is 0 Å². The van der Waals surface area contributed by atoms with E-state index in [4.69, 9.17) is 0 Å². The zero-order valence-corrected chi connectivity index (χ0v) is 6.64. The minimum absolute atomic E-state index is 0.184. The van der Waals surface area contributed by atoms with Gasteiger partial charge in [0.15, 0.2) is 11.5 Å². The number of Topliss-reactive ketones (excluding diaryl/α,β-unsaturated/α-hetero) is 1. The van der Waals surface area contributed by atoms with E-state index in [1.807, 2.05) is 0 Å². The van der Waals surface area contributed by atoms with Gasteiger partial charge in [0.1, 0.15) is 0 Å². The van der Waals surface area contributed by atoms with Crippen LogP contribution >= 0.6 is 0 Å². The molecule has 1 saturated carbocycles. The van der Waals surface area contributed by atoms with Crippen LogP contribution in [-0.2, 0) is 4.79 Å². The Morgan fingerprint density at radius 2 is 2.27 bits per heavy atom. The van der Waals surface area contributed by atoms with Crippen LogP contribution in [0.3, 0.4) is 0 Å². The summed E-state index contributed by atoms with van der Waals surface area (Å²) in [6.45, 7) is 1.20. The third-order valence-corrected chi connectivity index (χ3v) is 2.38. The molecular weight excluding hydrogens is 147 g/mol. The zero-order chi connectivity index (χ0) is 8.48. The van der Waals surface area contributed by atoms with E-state index in [-0.39, 0.29) is 6.42 Å². The van der Waals surface area contributed by atoms with Crippen LogP contribution < -0.4 is 0 Å². The Labute approximate surface area is 65.4 Å². The lowest BCUT2D eigenvalue weighted by molar-refractivity contribution is -0.140. The van der Waals surface area contributed by atoms with Gasteiger partial charge < -0.3 is 5.11 Å². The quantitative estimate of drug-likeness (QED) is 0.626. The molecule has 0 radical (unpaired) electrons. The molecule has 1 fully saturated rings. The van der Waals surface area contributed by atoms with Crippen molar-refractivity contribution in [2.45, 2.75) is 44.4 Å². The largest absolute Gasteiger partial charge is 0.389 e. The molecule has 0 unspecified atom stereocenters. The number of hydrogen-bond acceptors (Lipinski definition) is 2. The number of carbonyl (C=O) groups is 1. The number of aliphatic hydroxyl groups excluding tert-OH is 1. The molecule has 0 amide bonds. The number of carbonyl (C=O) groups excluding carboxylic acids is 1. The van der Waals surface area contributed by atoms with E-state index >= 15 is 0 Å². The molecule has 0 aliphatic heterocycles. The summed E-state index contributed by atoms with van der Waals surface area (Å²) in [7, 11) is 0. The summed E-state index contributed by atoms with van der Waals surface area (Å²) in [4.78, 5) is 10.8. The van der Waals surface area contributed by atoms with E-state index in [1.54, 1.807) is 0 Å². The summed E-state index contributed by atoms with van der Waals surface area (Å²) in [5.41, 5.74) is -1.95. The predicted octanol–water partition coefficient (Wildman–Crippen LogP) is 1.22. The van der Waals surface area contributed by atoms with Gasteiger partial charge >= 0.3 is 0 Å². The second-order valence-electron chi connectivity index (χ2n) is 3.18. The van der Waals surface area contributed by atoms with Gasteiger partial charge in [0.2, 0.25) is 0 Å². The molecule has 3 heteroatoms. The van der Waals surface area contributed by atoms with Crippen LogP contribution in [0.5, 0.6) is 0 Å². The molecule has 0 aromatic rings. The topological polar surface area (TPSA) is 37.3 Å². The van der Waals surface area contributed by atoms with Crippen molar-refractivity contribution in [2.75, 3.05) is 0 Å². The van der Waals surface area contributed by atoms with Crippen molar-refractivity contribution in [3.05, 3.63) is 0 Å². The monoisotopic (exact) mass is 160 g/mol. The second-order valence-corrected chi connectivity index (χ2v) is 3.18. The maximum atomic E-state index is 13.5. The smallest absolute Gasteiger partial charge is 0.193 e. The molecule has 0 bridgehead atoms. The van der Waals surface area contributed by atoms with Crippen LogP contribution in [0.25, 0.3) is 0 Å². The van der Waals surface area contributed by atoms with Crippen molar-refractivity contribution < 1.29 is 14.3 Å². The van der Waals surface area contributed by atoms with E-state index in [1.165, 1.54) is 6.92 Å². The average Bonchev–Trinajstić information content (AvgIpc) is 1.95. The highest BCUT2D eigenvalue weighted by Gasteiger charge is 2.44. The number of alkyl halides is 1. The zero-order valence-electron chi connectivity index (χ0n) is 6.64. The van der Waals surface area contributed by atoms with Gasteiger partial charge in [0.25, 0.3) is 0 Å². The molecule has 1 aliphatic carbocycles. The summed E-state index contributed by atoms with van der Waals surface area (Å²) in [6, 6.07) is 0. The molecule has 1 rings (SSSR count). The van der Waals surface area contributed by atoms with Gasteiger partial charge in [0.05, 0.1) is 6.10 Å². The van der Waals surface area contributed by atoms with Crippen LogP contribution in [0.1, 0.15) is 32.6 Å². The van der Waals surface area contributed by atoms with Crippen molar-refractivity contribution in [2.24, 2.45) is 0 Å². The van der Waals surface area contributed by atoms with Crippen molar-refractivity contribution in [3.63, 3.8) is 0 Å². The standard InChI is InChI=1S/C8H13FO2/c1-6(10)8(9)5-3-2-4-7(8)11/h7,11H,2-5H2,1H3/t7-,8+/m0/s1. The summed E-state index contributed by atoms with van der Waals surface area (Å²) >= 11 is 0. The van der Waals surface area contributed by atoms with E-state index in [2.05, 4.69) is 0 Å². The molecule has 0 aromatic heterocycles. The highest BCUT2D eigenvalue weighted by Crippen LogP contribution is 2.32. The number of halogens is 1. The first-order valence-electron chi connectivity index (χ1n) is 3.95. The van der Waals surface area contributed by atoms with Crippen molar-refractivity contribution in [1.29, 1.82) is 0 Å². The minimum Gasteiger partial charge on any atom is -0.389 e. The van der Waals surface area contributed by atoms with E-state index in [0.717, 1.165) is 6.42 Å². The Morgan fingerprint density at radius 1 is 1.64 bits per heavy atom. The lowest BCUT2D eigenvalue weighted by atomic mass is 9.81.